The molecule has 1 aromatic carbocycles. The van der Waals surface area contributed by atoms with Gasteiger partial charge in [0.2, 0.25) is 15.9 Å². The topological polar surface area (TPSA) is 69.7 Å². The van der Waals surface area contributed by atoms with E-state index in [0.717, 1.165) is 0 Å². The first-order chi connectivity index (χ1) is 9.95. The van der Waals surface area contributed by atoms with Crippen LogP contribution in [0, 0.1) is 0 Å². The van der Waals surface area contributed by atoms with Crippen molar-refractivity contribution in [1.29, 1.82) is 0 Å². The summed E-state index contributed by atoms with van der Waals surface area (Å²) in [6.07, 6.45) is 0. The lowest BCUT2D eigenvalue weighted by atomic mass is 10.3. The minimum atomic E-state index is -3.49. The fraction of sp³-hybridized carbons (Fsp3) is 0.462. The fourth-order valence-corrected chi connectivity index (χ4v) is 4.59. The SMILES string of the molecule is CNC(=O)CN1CCN(S(=O)(=O)c2ccccc2Br)CC1. The summed E-state index contributed by atoms with van der Waals surface area (Å²) >= 11 is 3.28. The van der Waals surface area contributed by atoms with Gasteiger partial charge in [0.15, 0.2) is 0 Å². The average molecular weight is 376 g/mol. The standard InChI is InChI=1S/C13H18BrN3O3S/c1-15-13(18)10-16-6-8-17(9-7-16)21(19,20)12-5-3-2-4-11(12)14/h2-5H,6-10H2,1H3,(H,15,18). The summed E-state index contributed by atoms with van der Waals surface area (Å²) in [6.45, 7) is 2.19. The van der Waals surface area contributed by atoms with E-state index in [4.69, 9.17) is 0 Å². The summed E-state index contributed by atoms with van der Waals surface area (Å²) in [6, 6.07) is 6.80. The molecule has 1 aliphatic heterocycles. The number of piperazine rings is 1. The molecule has 1 aliphatic rings. The molecule has 0 aromatic heterocycles. The highest BCUT2D eigenvalue weighted by Crippen LogP contribution is 2.25. The van der Waals surface area contributed by atoms with Crippen LogP contribution in [-0.2, 0) is 14.8 Å². The molecule has 116 valence electrons. The zero-order valence-electron chi connectivity index (χ0n) is 11.8. The van der Waals surface area contributed by atoms with Crippen molar-refractivity contribution >= 4 is 31.9 Å². The second kappa shape index (κ2) is 6.87. The Labute approximate surface area is 133 Å². The zero-order valence-corrected chi connectivity index (χ0v) is 14.2. The number of carbonyl (C=O) groups excluding carboxylic acids is 1. The van der Waals surface area contributed by atoms with Crippen LogP contribution in [0.5, 0.6) is 0 Å². The summed E-state index contributed by atoms with van der Waals surface area (Å²) in [5.74, 6) is -0.0582. The van der Waals surface area contributed by atoms with Crippen LogP contribution in [0.15, 0.2) is 33.6 Å². The molecule has 0 spiro atoms. The van der Waals surface area contributed by atoms with Crippen molar-refractivity contribution in [2.24, 2.45) is 0 Å². The number of benzene rings is 1. The zero-order chi connectivity index (χ0) is 15.5. The Kier molecular flexibility index (Phi) is 5.37. The lowest BCUT2D eigenvalue weighted by Crippen LogP contribution is -2.50. The third-order valence-electron chi connectivity index (χ3n) is 3.43. The van der Waals surface area contributed by atoms with Crippen LogP contribution >= 0.6 is 15.9 Å². The Morgan fingerprint density at radius 3 is 2.43 bits per heavy atom. The number of amides is 1. The molecule has 0 bridgehead atoms. The average Bonchev–Trinajstić information content (AvgIpc) is 2.48. The lowest BCUT2D eigenvalue weighted by Gasteiger charge is -2.33. The number of likely N-dealkylation sites (N-methyl/N-ethyl adjacent to an activating group) is 1. The Balaban J connectivity index is 2.05. The maximum Gasteiger partial charge on any atom is 0.244 e. The summed E-state index contributed by atoms with van der Waals surface area (Å²) in [5.41, 5.74) is 0. The van der Waals surface area contributed by atoms with E-state index in [1.54, 1.807) is 31.3 Å². The molecule has 0 atom stereocenters. The molecule has 1 aromatic rings. The molecule has 0 saturated carbocycles. The molecule has 1 heterocycles. The molecule has 2 rings (SSSR count). The highest BCUT2D eigenvalue weighted by molar-refractivity contribution is 9.10. The number of hydrogen-bond acceptors (Lipinski definition) is 4. The van der Waals surface area contributed by atoms with Gasteiger partial charge in [-0.05, 0) is 28.1 Å². The van der Waals surface area contributed by atoms with Gasteiger partial charge in [0, 0.05) is 37.7 Å². The Morgan fingerprint density at radius 1 is 1.24 bits per heavy atom. The number of rotatable bonds is 4. The van der Waals surface area contributed by atoms with Gasteiger partial charge in [-0.3, -0.25) is 9.69 Å². The summed E-state index contributed by atoms with van der Waals surface area (Å²) in [5, 5.41) is 2.57. The number of nitrogens with zero attached hydrogens (tertiary/aromatic N) is 2. The number of nitrogens with one attached hydrogen (secondary N) is 1. The van der Waals surface area contributed by atoms with Gasteiger partial charge in [0.05, 0.1) is 11.4 Å². The smallest absolute Gasteiger partial charge is 0.244 e. The molecule has 1 amide bonds. The first-order valence-electron chi connectivity index (χ1n) is 6.63. The van der Waals surface area contributed by atoms with Crippen LogP contribution in [0.2, 0.25) is 0 Å². The van der Waals surface area contributed by atoms with E-state index in [-0.39, 0.29) is 10.8 Å². The van der Waals surface area contributed by atoms with Crippen molar-refractivity contribution < 1.29 is 13.2 Å². The molecule has 0 radical (unpaired) electrons. The molecule has 1 fully saturated rings. The second-order valence-corrected chi connectivity index (χ2v) is 7.54. The van der Waals surface area contributed by atoms with Gasteiger partial charge in [0.1, 0.15) is 0 Å². The number of halogens is 1. The van der Waals surface area contributed by atoms with Crippen molar-refractivity contribution in [2.45, 2.75) is 4.90 Å². The number of carbonyl (C=O) groups is 1. The third-order valence-corrected chi connectivity index (χ3v) is 6.34. The highest BCUT2D eigenvalue weighted by Gasteiger charge is 2.30. The molecule has 1 N–H and O–H groups in total. The second-order valence-electron chi connectivity index (χ2n) is 4.78. The molecule has 1 saturated heterocycles. The van der Waals surface area contributed by atoms with Gasteiger partial charge in [-0.15, -0.1) is 0 Å². The van der Waals surface area contributed by atoms with E-state index in [1.807, 2.05) is 4.90 Å². The summed E-state index contributed by atoms with van der Waals surface area (Å²) in [4.78, 5) is 13.6. The minimum Gasteiger partial charge on any atom is -0.358 e. The Morgan fingerprint density at radius 2 is 1.86 bits per heavy atom. The Bertz CT molecular complexity index is 613. The van der Waals surface area contributed by atoms with Crippen molar-refractivity contribution in [3.63, 3.8) is 0 Å². The lowest BCUT2D eigenvalue weighted by molar-refractivity contribution is -0.122. The fourth-order valence-electron chi connectivity index (χ4n) is 2.20. The maximum atomic E-state index is 12.6. The van der Waals surface area contributed by atoms with Crippen LogP contribution < -0.4 is 5.32 Å². The van der Waals surface area contributed by atoms with Crippen LogP contribution in [0.3, 0.4) is 0 Å². The highest BCUT2D eigenvalue weighted by atomic mass is 79.9. The van der Waals surface area contributed by atoms with Gasteiger partial charge >= 0.3 is 0 Å². The van der Waals surface area contributed by atoms with Crippen molar-refractivity contribution in [3.05, 3.63) is 28.7 Å². The summed E-state index contributed by atoms with van der Waals surface area (Å²) in [7, 11) is -1.90. The quantitative estimate of drug-likeness (QED) is 0.831. The Hall–Kier alpha value is -0.960. The molecular weight excluding hydrogens is 358 g/mol. The normalized spacial score (nSPS) is 17.6. The van der Waals surface area contributed by atoms with Gasteiger partial charge in [-0.2, -0.15) is 4.31 Å². The van der Waals surface area contributed by atoms with E-state index in [0.29, 0.717) is 37.2 Å². The predicted octanol–water partition coefficient (Wildman–Crippen LogP) is 0.501. The maximum absolute atomic E-state index is 12.6. The van der Waals surface area contributed by atoms with Crippen molar-refractivity contribution in [3.8, 4) is 0 Å². The van der Waals surface area contributed by atoms with E-state index >= 15 is 0 Å². The number of hydrogen-bond donors (Lipinski definition) is 1. The molecule has 8 heteroatoms. The third kappa shape index (κ3) is 3.82. The molecule has 6 nitrogen and oxygen atoms in total. The molecular formula is C13H18BrN3O3S. The van der Waals surface area contributed by atoms with Crippen molar-refractivity contribution in [2.75, 3.05) is 39.8 Å². The molecule has 0 aliphatic carbocycles. The van der Waals surface area contributed by atoms with Crippen LogP contribution in [0.1, 0.15) is 0 Å². The van der Waals surface area contributed by atoms with E-state index in [2.05, 4.69) is 21.2 Å². The minimum absolute atomic E-state index is 0.0582. The van der Waals surface area contributed by atoms with Gasteiger partial charge < -0.3 is 5.32 Å². The summed E-state index contributed by atoms with van der Waals surface area (Å²) < 4.78 is 27.2. The van der Waals surface area contributed by atoms with Gasteiger partial charge in [-0.25, -0.2) is 8.42 Å². The van der Waals surface area contributed by atoms with Crippen LogP contribution in [-0.4, -0.2) is 63.3 Å². The van der Waals surface area contributed by atoms with Gasteiger partial charge in [0.25, 0.3) is 0 Å². The predicted molar refractivity (Wildman–Crippen MR) is 83.4 cm³/mol. The van der Waals surface area contributed by atoms with E-state index < -0.39 is 10.0 Å². The molecule has 21 heavy (non-hydrogen) atoms. The van der Waals surface area contributed by atoms with Crippen LogP contribution in [0.4, 0.5) is 0 Å². The van der Waals surface area contributed by atoms with Crippen LogP contribution in [0.25, 0.3) is 0 Å². The molecule has 0 unspecified atom stereocenters. The van der Waals surface area contributed by atoms with Gasteiger partial charge in [-0.1, -0.05) is 12.1 Å². The number of sulfonamides is 1. The largest absolute Gasteiger partial charge is 0.358 e. The van der Waals surface area contributed by atoms with E-state index in [9.17, 15) is 13.2 Å². The van der Waals surface area contributed by atoms with E-state index in [1.165, 1.54) is 4.31 Å². The van der Waals surface area contributed by atoms with Crippen molar-refractivity contribution in [1.82, 2.24) is 14.5 Å². The first-order valence-corrected chi connectivity index (χ1v) is 8.86. The first kappa shape index (κ1) is 16.4. The monoisotopic (exact) mass is 375 g/mol.